The maximum Gasteiger partial charge on any atom is 0.0693 e. The predicted molar refractivity (Wildman–Crippen MR) is 64.2 cm³/mol. The van der Waals surface area contributed by atoms with E-state index in [-0.39, 0.29) is 0 Å². The van der Waals surface area contributed by atoms with Gasteiger partial charge in [0.15, 0.2) is 0 Å². The molecule has 0 aliphatic carbocycles. The van der Waals surface area contributed by atoms with Gasteiger partial charge < -0.3 is 15.0 Å². The van der Waals surface area contributed by atoms with E-state index in [0.29, 0.717) is 24.2 Å². The molecule has 90 valence electrons. The summed E-state index contributed by atoms with van der Waals surface area (Å²) in [6.07, 6.45) is 2.79. The molecule has 1 N–H and O–H groups in total. The van der Waals surface area contributed by atoms with E-state index in [0.717, 1.165) is 0 Å². The first-order valence-corrected chi connectivity index (χ1v) is 6.03. The number of nitrogens with zero attached hydrogens (tertiary/aromatic N) is 1. The van der Waals surface area contributed by atoms with Gasteiger partial charge in [-0.3, -0.25) is 0 Å². The number of likely N-dealkylation sites (tertiary alicyclic amines) is 1. The van der Waals surface area contributed by atoms with Crippen LogP contribution in [0.2, 0.25) is 0 Å². The lowest BCUT2D eigenvalue weighted by atomic mass is 9.98. The molecule has 4 atom stereocenters. The highest BCUT2D eigenvalue weighted by atomic mass is 16.5. The van der Waals surface area contributed by atoms with Crippen LogP contribution in [0.3, 0.4) is 0 Å². The molecule has 0 radical (unpaired) electrons. The number of nitrogens with one attached hydrogen (secondary N) is 1. The quantitative estimate of drug-likeness (QED) is 0.767. The highest BCUT2D eigenvalue weighted by molar-refractivity contribution is 4.84. The van der Waals surface area contributed by atoms with Gasteiger partial charge >= 0.3 is 0 Å². The van der Waals surface area contributed by atoms with Crippen molar-refractivity contribution >= 4 is 0 Å². The molecular weight excluding hydrogens is 188 g/mol. The van der Waals surface area contributed by atoms with Crippen LogP contribution in [0.5, 0.6) is 0 Å². The summed E-state index contributed by atoms with van der Waals surface area (Å²) in [5, 5.41) is 3.67. The lowest BCUT2D eigenvalue weighted by Gasteiger charge is -2.37. The summed E-state index contributed by atoms with van der Waals surface area (Å²) in [4.78, 5) is 2.43. The van der Waals surface area contributed by atoms with Gasteiger partial charge in [-0.2, -0.15) is 0 Å². The Morgan fingerprint density at radius 3 is 2.60 bits per heavy atom. The van der Waals surface area contributed by atoms with E-state index in [1.807, 2.05) is 0 Å². The summed E-state index contributed by atoms with van der Waals surface area (Å²) < 4.78 is 5.33. The van der Waals surface area contributed by atoms with Crippen LogP contribution in [0.4, 0.5) is 0 Å². The lowest BCUT2D eigenvalue weighted by Crippen LogP contribution is -2.50. The van der Waals surface area contributed by atoms with Crippen LogP contribution in [-0.4, -0.2) is 49.8 Å². The zero-order valence-corrected chi connectivity index (χ0v) is 10.8. The van der Waals surface area contributed by atoms with E-state index < -0.39 is 0 Å². The van der Waals surface area contributed by atoms with Gasteiger partial charge in [-0.25, -0.2) is 0 Å². The summed E-state index contributed by atoms with van der Waals surface area (Å²) in [7, 11) is 3.99. The molecule has 15 heavy (non-hydrogen) atoms. The zero-order valence-electron chi connectivity index (χ0n) is 10.8. The first-order valence-electron chi connectivity index (χ1n) is 6.03. The Kier molecular flexibility index (Phi) is 5.03. The van der Waals surface area contributed by atoms with Crippen LogP contribution in [-0.2, 0) is 4.74 Å². The summed E-state index contributed by atoms with van der Waals surface area (Å²) in [5.74, 6) is 0. The van der Waals surface area contributed by atoms with Crippen molar-refractivity contribution in [1.29, 1.82) is 0 Å². The largest absolute Gasteiger partial charge is 0.380 e. The van der Waals surface area contributed by atoms with Gasteiger partial charge in [0, 0.05) is 25.2 Å². The van der Waals surface area contributed by atoms with Crippen molar-refractivity contribution in [2.45, 2.75) is 57.8 Å². The topological polar surface area (TPSA) is 24.5 Å². The Morgan fingerprint density at radius 1 is 1.40 bits per heavy atom. The highest BCUT2D eigenvalue weighted by Crippen LogP contribution is 2.16. The Morgan fingerprint density at radius 2 is 2.07 bits per heavy atom. The molecule has 1 aliphatic rings. The molecule has 0 aromatic heterocycles. The second-order valence-electron chi connectivity index (χ2n) is 4.95. The number of rotatable bonds is 4. The van der Waals surface area contributed by atoms with Crippen LogP contribution in [0.15, 0.2) is 0 Å². The molecule has 1 aliphatic heterocycles. The normalized spacial score (nSPS) is 32.6. The smallest absolute Gasteiger partial charge is 0.0693 e. The third-order valence-corrected chi connectivity index (χ3v) is 3.78. The van der Waals surface area contributed by atoms with Crippen molar-refractivity contribution < 1.29 is 4.74 Å². The molecule has 1 heterocycles. The fourth-order valence-corrected chi connectivity index (χ4v) is 2.15. The second-order valence-corrected chi connectivity index (χ2v) is 4.95. The summed E-state index contributed by atoms with van der Waals surface area (Å²) in [5.41, 5.74) is 0. The van der Waals surface area contributed by atoms with Crippen molar-refractivity contribution in [3.63, 3.8) is 0 Å². The van der Waals surface area contributed by atoms with Crippen molar-refractivity contribution in [1.82, 2.24) is 10.2 Å². The number of ether oxygens (including phenoxy) is 1. The van der Waals surface area contributed by atoms with Crippen molar-refractivity contribution in [3.05, 3.63) is 0 Å². The first kappa shape index (κ1) is 12.9. The number of methoxy groups -OCH3 is 1. The highest BCUT2D eigenvalue weighted by Gasteiger charge is 2.24. The van der Waals surface area contributed by atoms with Crippen LogP contribution in [0.25, 0.3) is 0 Å². The van der Waals surface area contributed by atoms with E-state index >= 15 is 0 Å². The lowest BCUT2D eigenvalue weighted by molar-refractivity contribution is 0.0751. The molecule has 1 fully saturated rings. The number of hydrogen-bond acceptors (Lipinski definition) is 3. The van der Waals surface area contributed by atoms with Crippen LogP contribution >= 0.6 is 0 Å². The average Bonchev–Trinajstić information content (AvgIpc) is 2.22. The Bertz CT molecular complexity index is 186. The summed E-state index contributed by atoms with van der Waals surface area (Å²) >= 11 is 0. The van der Waals surface area contributed by atoms with Crippen LogP contribution in [0.1, 0.15) is 33.6 Å². The minimum absolute atomic E-state index is 0.292. The Hall–Kier alpha value is -0.120. The van der Waals surface area contributed by atoms with Crippen molar-refractivity contribution in [3.8, 4) is 0 Å². The van der Waals surface area contributed by atoms with Gasteiger partial charge in [-0.1, -0.05) is 0 Å². The second kappa shape index (κ2) is 5.83. The minimum atomic E-state index is 0.292. The molecule has 1 saturated heterocycles. The number of hydrogen-bond donors (Lipinski definition) is 1. The van der Waals surface area contributed by atoms with Crippen molar-refractivity contribution in [2.75, 3.05) is 20.7 Å². The monoisotopic (exact) mass is 214 g/mol. The molecule has 0 saturated carbocycles. The van der Waals surface area contributed by atoms with Gasteiger partial charge in [0.05, 0.1) is 6.10 Å². The molecule has 1 rings (SSSR count). The number of piperidine rings is 1. The third kappa shape index (κ3) is 3.74. The molecule has 0 aromatic carbocycles. The minimum Gasteiger partial charge on any atom is -0.380 e. The summed E-state index contributed by atoms with van der Waals surface area (Å²) in [6.45, 7) is 7.83. The van der Waals surface area contributed by atoms with Gasteiger partial charge in [-0.15, -0.1) is 0 Å². The van der Waals surface area contributed by atoms with Crippen LogP contribution in [0, 0.1) is 0 Å². The standard InChI is InChI=1S/C12H26N2O/c1-9-8-12(6-7-14(9)4)13-10(2)11(3)15-5/h9-13H,6-8H2,1-5H3. The summed E-state index contributed by atoms with van der Waals surface area (Å²) in [6, 6.07) is 1.79. The molecule has 4 unspecified atom stereocenters. The third-order valence-electron chi connectivity index (χ3n) is 3.78. The predicted octanol–water partition coefficient (Wildman–Crippen LogP) is 1.48. The van der Waals surface area contributed by atoms with E-state index in [9.17, 15) is 0 Å². The maximum absolute atomic E-state index is 5.33. The Balaban J connectivity index is 2.33. The first-order chi connectivity index (χ1) is 7.04. The van der Waals surface area contributed by atoms with E-state index in [4.69, 9.17) is 4.74 Å². The molecule has 3 nitrogen and oxygen atoms in total. The zero-order chi connectivity index (χ0) is 11.4. The van der Waals surface area contributed by atoms with E-state index in [1.165, 1.54) is 19.4 Å². The van der Waals surface area contributed by atoms with E-state index in [1.54, 1.807) is 7.11 Å². The van der Waals surface area contributed by atoms with Gasteiger partial charge in [0.25, 0.3) is 0 Å². The van der Waals surface area contributed by atoms with Crippen LogP contribution < -0.4 is 5.32 Å². The van der Waals surface area contributed by atoms with Gasteiger partial charge in [0.2, 0.25) is 0 Å². The van der Waals surface area contributed by atoms with E-state index in [2.05, 4.69) is 38.0 Å². The Labute approximate surface area is 94.2 Å². The molecule has 0 bridgehead atoms. The van der Waals surface area contributed by atoms with Crippen molar-refractivity contribution in [2.24, 2.45) is 0 Å². The molecule has 0 amide bonds. The maximum atomic E-state index is 5.33. The van der Waals surface area contributed by atoms with Gasteiger partial charge in [0.1, 0.15) is 0 Å². The molecule has 0 spiro atoms. The fourth-order valence-electron chi connectivity index (χ4n) is 2.15. The average molecular weight is 214 g/mol. The SMILES string of the molecule is COC(C)C(C)NC1CCN(C)C(C)C1. The van der Waals surface area contributed by atoms with Gasteiger partial charge in [-0.05, 0) is 47.2 Å². The molecule has 0 aromatic rings. The molecule has 3 heteroatoms. The fraction of sp³-hybridized carbons (Fsp3) is 1.00. The molecular formula is C12H26N2O.